The van der Waals surface area contributed by atoms with E-state index in [0.717, 1.165) is 31.1 Å². The van der Waals surface area contributed by atoms with E-state index < -0.39 is 0 Å². The van der Waals surface area contributed by atoms with Crippen molar-refractivity contribution < 1.29 is 14.3 Å². The van der Waals surface area contributed by atoms with Gasteiger partial charge in [0, 0.05) is 25.6 Å². The molecule has 0 spiro atoms. The molecular weight excluding hydrogens is 252 g/mol. The molecule has 1 unspecified atom stereocenters. The zero-order chi connectivity index (χ0) is 13.0. The smallest absolute Gasteiger partial charge is 0.357 e. The molecule has 1 atom stereocenters. The third-order valence-corrected chi connectivity index (χ3v) is 3.86. The standard InChI is InChI=1S/C12H18N2O3S/c1-3-17-11(15)10-8-18-12(13-10)14-6-4-5-9(7-14)16-2/h8-9H,3-7H2,1-2H3. The average Bonchev–Trinajstić information content (AvgIpc) is 2.89. The molecule has 2 heterocycles. The molecule has 0 aromatic carbocycles. The number of piperidine rings is 1. The van der Waals surface area contributed by atoms with Crippen molar-refractivity contribution in [2.75, 3.05) is 31.7 Å². The van der Waals surface area contributed by atoms with Crippen LogP contribution in [0.3, 0.4) is 0 Å². The van der Waals surface area contributed by atoms with Crippen molar-refractivity contribution in [3.05, 3.63) is 11.1 Å². The Kier molecular flexibility index (Phi) is 4.54. The first-order valence-corrected chi connectivity index (χ1v) is 7.03. The summed E-state index contributed by atoms with van der Waals surface area (Å²) in [4.78, 5) is 18.0. The maximum atomic E-state index is 11.5. The Morgan fingerprint density at radius 3 is 3.22 bits per heavy atom. The van der Waals surface area contributed by atoms with Crippen LogP contribution in [0.2, 0.25) is 0 Å². The van der Waals surface area contributed by atoms with Crippen LogP contribution in [-0.4, -0.2) is 43.9 Å². The van der Waals surface area contributed by atoms with E-state index in [-0.39, 0.29) is 12.1 Å². The Bertz CT molecular complexity index is 408. The quantitative estimate of drug-likeness (QED) is 0.783. The maximum Gasteiger partial charge on any atom is 0.357 e. The first-order valence-electron chi connectivity index (χ1n) is 6.15. The Labute approximate surface area is 111 Å². The van der Waals surface area contributed by atoms with Crippen LogP contribution in [0.25, 0.3) is 0 Å². The molecule has 0 aliphatic carbocycles. The van der Waals surface area contributed by atoms with E-state index in [4.69, 9.17) is 9.47 Å². The number of nitrogens with zero attached hydrogens (tertiary/aromatic N) is 2. The van der Waals surface area contributed by atoms with E-state index >= 15 is 0 Å². The molecule has 1 fully saturated rings. The lowest BCUT2D eigenvalue weighted by Crippen LogP contribution is -2.39. The zero-order valence-electron chi connectivity index (χ0n) is 10.7. The van der Waals surface area contributed by atoms with E-state index in [1.807, 2.05) is 0 Å². The number of esters is 1. The van der Waals surface area contributed by atoms with Crippen molar-refractivity contribution in [1.29, 1.82) is 0 Å². The number of methoxy groups -OCH3 is 1. The predicted octanol–water partition coefficient (Wildman–Crippen LogP) is 1.93. The third-order valence-electron chi connectivity index (χ3n) is 2.96. The number of hydrogen-bond acceptors (Lipinski definition) is 6. The second-order valence-corrected chi connectivity index (χ2v) is 5.02. The van der Waals surface area contributed by atoms with Crippen molar-refractivity contribution in [1.82, 2.24) is 4.98 Å². The third kappa shape index (κ3) is 3.00. The first kappa shape index (κ1) is 13.3. The highest BCUT2D eigenvalue weighted by atomic mass is 32.1. The van der Waals surface area contributed by atoms with Gasteiger partial charge in [0.15, 0.2) is 10.8 Å². The van der Waals surface area contributed by atoms with Crippen LogP contribution in [-0.2, 0) is 9.47 Å². The Morgan fingerprint density at radius 1 is 1.67 bits per heavy atom. The number of aromatic nitrogens is 1. The van der Waals surface area contributed by atoms with Gasteiger partial charge in [0.05, 0.1) is 12.7 Å². The van der Waals surface area contributed by atoms with Gasteiger partial charge in [0.1, 0.15) is 0 Å². The van der Waals surface area contributed by atoms with Gasteiger partial charge in [0.25, 0.3) is 0 Å². The van der Waals surface area contributed by atoms with Gasteiger partial charge in [-0.2, -0.15) is 0 Å². The number of ether oxygens (including phenoxy) is 2. The number of carbonyl (C=O) groups is 1. The predicted molar refractivity (Wildman–Crippen MR) is 70.3 cm³/mol. The summed E-state index contributed by atoms with van der Waals surface area (Å²) in [7, 11) is 1.74. The second kappa shape index (κ2) is 6.15. The van der Waals surface area contributed by atoms with Crippen molar-refractivity contribution in [2.45, 2.75) is 25.9 Å². The van der Waals surface area contributed by atoms with E-state index in [2.05, 4.69) is 9.88 Å². The second-order valence-electron chi connectivity index (χ2n) is 4.18. The largest absolute Gasteiger partial charge is 0.461 e. The number of anilines is 1. The van der Waals surface area contributed by atoms with E-state index in [0.29, 0.717) is 12.3 Å². The van der Waals surface area contributed by atoms with Crippen LogP contribution < -0.4 is 4.90 Å². The highest BCUT2D eigenvalue weighted by Crippen LogP contribution is 2.25. The van der Waals surface area contributed by atoms with Gasteiger partial charge in [-0.05, 0) is 19.8 Å². The average molecular weight is 270 g/mol. The van der Waals surface area contributed by atoms with E-state index in [1.54, 1.807) is 19.4 Å². The highest BCUT2D eigenvalue weighted by Gasteiger charge is 2.22. The summed E-state index contributed by atoms with van der Waals surface area (Å²) in [5.74, 6) is -0.347. The lowest BCUT2D eigenvalue weighted by molar-refractivity contribution is 0.0520. The van der Waals surface area contributed by atoms with E-state index in [9.17, 15) is 4.79 Å². The molecule has 1 aliphatic heterocycles. The Hall–Kier alpha value is -1.14. The molecule has 0 radical (unpaired) electrons. The molecule has 1 saturated heterocycles. The molecule has 6 heteroatoms. The van der Waals surface area contributed by atoms with Gasteiger partial charge in [-0.1, -0.05) is 0 Å². The van der Waals surface area contributed by atoms with Gasteiger partial charge in [0.2, 0.25) is 0 Å². The molecule has 1 aliphatic rings. The van der Waals surface area contributed by atoms with Gasteiger partial charge >= 0.3 is 5.97 Å². The fourth-order valence-electron chi connectivity index (χ4n) is 2.01. The topological polar surface area (TPSA) is 51.7 Å². The molecule has 1 aromatic heterocycles. The minimum atomic E-state index is -0.347. The minimum Gasteiger partial charge on any atom is -0.461 e. The van der Waals surface area contributed by atoms with Crippen molar-refractivity contribution in [3.63, 3.8) is 0 Å². The van der Waals surface area contributed by atoms with Crippen molar-refractivity contribution in [3.8, 4) is 0 Å². The minimum absolute atomic E-state index is 0.258. The van der Waals surface area contributed by atoms with Crippen LogP contribution in [0.4, 0.5) is 5.13 Å². The summed E-state index contributed by atoms with van der Waals surface area (Å²) in [5.41, 5.74) is 0.399. The van der Waals surface area contributed by atoms with Crippen molar-refractivity contribution >= 4 is 22.4 Å². The van der Waals surface area contributed by atoms with Crippen LogP contribution in [0.5, 0.6) is 0 Å². The summed E-state index contributed by atoms with van der Waals surface area (Å²) < 4.78 is 10.3. The zero-order valence-corrected chi connectivity index (χ0v) is 11.5. The van der Waals surface area contributed by atoms with Gasteiger partial charge in [-0.15, -0.1) is 11.3 Å². The molecule has 0 N–H and O–H groups in total. The number of thiazole rings is 1. The molecule has 0 saturated carbocycles. The Balaban J connectivity index is 2.03. The van der Waals surface area contributed by atoms with Crippen LogP contribution >= 0.6 is 11.3 Å². The first-order chi connectivity index (χ1) is 8.74. The SMILES string of the molecule is CCOC(=O)c1csc(N2CCCC(OC)C2)n1. The molecule has 5 nitrogen and oxygen atoms in total. The fraction of sp³-hybridized carbons (Fsp3) is 0.667. The van der Waals surface area contributed by atoms with Crippen LogP contribution in [0.15, 0.2) is 5.38 Å². The van der Waals surface area contributed by atoms with Gasteiger partial charge < -0.3 is 14.4 Å². The van der Waals surface area contributed by atoms with Gasteiger partial charge in [-0.3, -0.25) is 0 Å². The Morgan fingerprint density at radius 2 is 2.50 bits per heavy atom. The monoisotopic (exact) mass is 270 g/mol. The van der Waals surface area contributed by atoms with Crippen LogP contribution in [0.1, 0.15) is 30.3 Å². The highest BCUT2D eigenvalue weighted by molar-refractivity contribution is 7.13. The summed E-state index contributed by atoms with van der Waals surface area (Å²) >= 11 is 1.48. The number of rotatable bonds is 4. The molecule has 2 rings (SSSR count). The number of hydrogen-bond donors (Lipinski definition) is 0. The number of carbonyl (C=O) groups excluding carboxylic acids is 1. The maximum absolute atomic E-state index is 11.5. The summed E-state index contributed by atoms with van der Waals surface area (Å²) in [6.45, 7) is 3.97. The summed E-state index contributed by atoms with van der Waals surface area (Å²) in [5, 5.41) is 2.63. The van der Waals surface area contributed by atoms with E-state index in [1.165, 1.54) is 11.3 Å². The summed E-state index contributed by atoms with van der Waals surface area (Å²) in [6, 6.07) is 0. The molecule has 0 bridgehead atoms. The normalized spacial score (nSPS) is 19.9. The van der Waals surface area contributed by atoms with Gasteiger partial charge in [-0.25, -0.2) is 9.78 Å². The molecule has 100 valence electrons. The van der Waals surface area contributed by atoms with Crippen LogP contribution in [0, 0.1) is 0 Å². The van der Waals surface area contributed by atoms with Crippen molar-refractivity contribution in [2.24, 2.45) is 0 Å². The fourth-order valence-corrected chi connectivity index (χ4v) is 2.84. The summed E-state index contributed by atoms with van der Waals surface area (Å²) in [6.07, 6.45) is 2.43. The molecule has 1 aromatic rings. The molecule has 0 amide bonds. The molecular formula is C12H18N2O3S. The molecule has 18 heavy (non-hydrogen) atoms. The lowest BCUT2D eigenvalue weighted by atomic mass is 10.1. The lowest BCUT2D eigenvalue weighted by Gasteiger charge is -2.31.